The molecule has 1 saturated heterocycles. The van der Waals surface area contributed by atoms with Gasteiger partial charge in [0.15, 0.2) is 0 Å². The lowest BCUT2D eigenvalue weighted by atomic mass is 9.86. The van der Waals surface area contributed by atoms with Gasteiger partial charge in [0.05, 0.1) is 0 Å². The molecule has 19 heavy (non-hydrogen) atoms. The highest BCUT2D eigenvalue weighted by molar-refractivity contribution is 5.79. The second-order valence-electron chi connectivity index (χ2n) is 5.51. The molecule has 104 valence electrons. The first-order valence-corrected chi connectivity index (χ1v) is 6.84. The highest BCUT2D eigenvalue weighted by Crippen LogP contribution is 2.27. The summed E-state index contributed by atoms with van der Waals surface area (Å²) in [6.45, 7) is 5.54. The Kier molecular flexibility index (Phi) is 4.10. The van der Waals surface area contributed by atoms with Gasteiger partial charge >= 0.3 is 5.97 Å². The monoisotopic (exact) mass is 262 g/mol. The number of carbonyl (C=O) groups is 1. The number of rotatable bonds is 4. The fourth-order valence-electron chi connectivity index (χ4n) is 2.76. The molecule has 0 aliphatic carbocycles. The lowest BCUT2D eigenvalue weighted by Crippen LogP contribution is -2.60. The minimum Gasteiger partial charge on any atom is -0.480 e. The largest absolute Gasteiger partial charge is 0.480 e. The smallest absolute Gasteiger partial charge is 0.324 e. The van der Waals surface area contributed by atoms with Gasteiger partial charge in [0.25, 0.3) is 0 Å². The quantitative estimate of drug-likeness (QED) is 0.872. The van der Waals surface area contributed by atoms with Crippen LogP contribution in [-0.4, -0.2) is 35.7 Å². The maximum Gasteiger partial charge on any atom is 0.324 e. The number of aliphatic carboxylic acids is 1. The van der Waals surface area contributed by atoms with Gasteiger partial charge in [-0.15, -0.1) is 0 Å². The maximum absolute atomic E-state index is 11.6. The molecule has 4 heteroatoms. The predicted octanol–water partition coefficient (Wildman–Crippen LogP) is 2.11. The minimum atomic E-state index is -0.764. The number of piperidine rings is 1. The molecule has 0 aromatic heterocycles. The Balaban J connectivity index is 2.06. The first-order chi connectivity index (χ1) is 9.03. The summed E-state index contributed by atoms with van der Waals surface area (Å²) in [6.07, 6.45) is 1.27. The van der Waals surface area contributed by atoms with Crippen LogP contribution in [0, 0.1) is 0 Å². The van der Waals surface area contributed by atoms with E-state index in [1.807, 2.05) is 32.0 Å². The van der Waals surface area contributed by atoms with E-state index in [0.29, 0.717) is 12.8 Å². The Morgan fingerprint density at radius 3 is 2.32 bits per heavy atom. The van der Waals surface area contributed by atoms with Crippen LogP contribution < -0.4 is 10.2 Å². The number of hydrogen-bond acceptors (Lipinski definition) is 3. The van der Waals surface area contributed by atoms with Crippen LogP contribution in [0.2, 0.25) is 0 Å². The summed E-state index contributed by atoms with van der Waals surface area (Å²) in [7, 11) is 0. The third-order valence-corrected chi connectivity index (χ3v) is 3.71. The van der Waals surface area contributed by atoms with Gasteiger partial charge in [0, 0.05) is 24.8 Å². The average molecular weight is 262 g/mol. The zero-order valence-corrected chi connectivity index (χ0v) is 11.6. The molecule has 2 N–H and O–H groups in total. The van der Waals surface area contributed by atoms with Gasteiger partial charge in [-0.25, -0.2) is 0 Å². The molecule has 0 unspecified atom stereocenters. The number of benzene rings is 1. The van der Waals surface area contributed by atoms with Gasteiger partial charge < -0.3 is 10.0 Å². The third kappa shape index (κ3) is 3.07. The van der Waals surface area contributed by atoms with Crippen molar-refractivity contribution < 1.29 is 9.90 Å². The van der Waals surface area contributed by atoms with Crippen molar-refractivity contribution in [2.75, 3.05) is 18.0 Å². The van der Waals surface area contributed by atoms with Crippen LogP contribution in [-0.2, 0) is 4.79 Å². The SMILES string of the molecule is CC(C)NC1(C(=O)O)CCN(c2ccccc2)CC1. The molecule has 1 aliphatic heterocycles. The maximum atomic E-state index is 11.6. The molecule has 0 bridgehead atoms. The summed E-state index contributed by atoms with van der Waals surface area (Å²) < 4.78 is 0. The standard InChI is InChI=1S/C15H22N2O2/c1-12(2)16-15(14(18)19)8-10-17(11-9-15)13-6-4-3-5-7-13/h3-7,12,16H,8-11H2,1-2H3,(H,18,19). The van der Waals surface area contributed by atoms with Gasteiger partial charge in [-0.05, 0) is 38.8 Å². The molecule has 1 heterocycles. The van der Waals surface area contributed by atoms with Crippen LogP contribution in [0.3, 0.4) is 0 Å². The molecule has 0 radical (unpaired) electrons. The van der Waals surface area contributed by atoms with Crippen LogP contribution in [0.5, 0.6) is 0 Å². The molecular formula is C15H22N2O2. The molecule has 0 amide bonds. The summed E-state index contributed by atoms with van der Waals surface area (Å²) in [5, 5.41) is 12.8. The van der Waals surface area contributed by atoms with Gasteiger partial charge in [-0.2, -0.15) is 0 Å². The Bertz CT molecular complexity index is 423. The second kappa shape index (κ2) is 5.61. The van der Waals surface area contributed by atoms with E-state index in [2.05, 4.69) is 22.3 Å². The fraction of sp³-hybridized carbons (Fsp3) is 0.533. The van der Waals surface area contributed by atoms with E-state index in [1.165, 1.54) is 5.69 Å². The highest BCUT2D eigenvalue weighted by atomic mass is 16.4. The average Bonchev–Trinajstić information content (AvgIpc) is 2.39. The summed E-state index contributed by atoms with van der Waals surface area (Å²) >= 11 is 0. The van der Waals surface area contributed by atoms with E-state index in [-0.39, 0.29) is 6.04 Å². The summed E-state index contributed by atoms with van der Waals surface area (Å²) in [5.41, 5.74) is 0.408. The number of para-hydroxylation sites is 1. The number of nitrogens with one attached hydrogen (secondary N) is 1. The fourth-order valence-corrected chi connectivity index (χ4v) is 2.76. The Hall–Kier alpha value is -1.55. The molecule has 1 aromatic rings. The highest BCUT2D eigenvalue weighted by Gasteiger charge is 2.41. The van der Waals surface area contributed by atoms with Crippen LogP contribution >= 0.6 is 0 Å². The van der Waals surface area contributed by atoms with Crippen LogP contribution in [0.25, 0.3) is 0 Å². The van der Waals surface area contributed by atoms with Crippen LogP contribution in [0.4, 0.5) is 5.69 Å². The van der Waals surface area contributed by atoms with Crippen molar-refractivity contribution >= 4 is 11.7 Å². The van der Waals surface area contributed by atoms with E-state index in [0.717, 1.165) is 13.1 Å². The molecule has 0 spiro atoms. The molecule has 0 atom stereocenters. The predicted molar refractivity (Wildman–Crippen MR) is 76.5 cm³/mol. The number of nitrogens with zero attached hydrogens (tertiary/aromatic N) is 1. The number of carboxylic acid groups (broad SMARTS) is 1. The van der Waals surface area contributed by atoms with Crippen molar-refractivity contribution in [1.29, 1.82) is 0 Å². The zero-order chi connectivity index (χ0) is 13.9. The van der Waals surface area contributed by atoms with E-state index in [4.69, 9.17) is 0 Å². The molecule has 2 rings (SSSR count). The topological polar surface area (TPSA) is 52.6 Å². The van der Waals surface area contributed by atoms with Crippen LogP contribution in [0.15, 0.2) is 30.3 Å². The second-order valence-corrected chi connectivity index (χ2v) is 5.51. The van der Waals surface area contributed by atoms with Crippen molar-refractivity contribution in [1.82, 2.24) is 5.32 Å². The number of carboxylic acids is 1. The molecule has 1 aliphatic rings. The van der Waals surface area contributed by atoms with E-state index in [1.54, 1.807) is 0 Å². The van der Waals surface area contributed by atoms with E-state index >= 15 is 0 Å². The van der Waals surface area contributed by atoms with Crippen LogP contribution in [0.1, 0.15) is 26.7 Å². The van der Waals surface area contributed by atoms with E-state index < -0.39 is 11.5 Å². The number of anilines is 1. The Morgan fingerprint density at radius 2 is 1.84 bits per heavy atom. The molecule has 4 nitrogen and oxygen atoms in total. The molecule has 1 fully saturated rings. The Labute approximate surface area is 114 Å². The Morgan fingerprint density at radius 1 is 1.26 bits per heavy atom. The first-order valence-electron chi connectivity index (χ1n) is 6.84. The molecule has 0 saturated carbocycles. The van der Waals surface area contributed by atoms with Gasteiger partial charge in [-0.3, -0.25) is 10.1 Å². The van der Waals surface area contributed by atoms with Crippen molar-refractivity contribution in [2.24, 2.45) is 0 Å². The lowest BCUT2D eigenvalue weighted by molar-refractivity contribution is -0.146. The van der Waals surface area contributed by atoms with Gasteiger partial charge in [0.1, 0.15) is 5.54 Å². The summed E-state index contributed by atoms with van der Waals surface area (Å²) in [4.78, 5) is 13.8. The number of hydrogen-bond donors (Lipinski definition) is 2. The minimum absolute atomic E-state index is 0.180. The van der Waals surface area contributed by atoms with Crippen molar-refractivity contribution in [3.63, 3.8) is 0 Å². The summed E-state index contributed by atoms with van der Waals surface area (Å²) in [6, 6.07) is 10.4. The molecule has 1 aromatic carbocycles. The molecular weight excluding hydrogens is 240 g/mol. The van der Waals surface area contributed by atoms with E-state index in [9.17, 15) is 9.90 Å². The third-order valence-electron chi connectivity index (χ3n) is 3.71. The summed E-state index contributed by atoms with van der Waals surface area (Å²) in [5.74, 6) is -0.728. The van der Waals surface area contributed by atoms with Crippen molar-refractivity contribution in [2.45, 2.75) is 38.3 Å². The van der Waals surface area contributed by atoms with Crippen molar-refractivity contribution in [3.8, 4) is 0 Å². The van der Waals surface area contributed by atoms with Gasteiger partial charge in [-0.1, -0.05) is 18.2 Å². The normalized spacial score (nSPS) is 18.6. The zero-order valence-electron chi connectivity index (χ0n) is 11.6. The lowest BCUT2D eigenvalue weighted by Gasteiger charge is -2.41. The van der Waals surface area contributed by atoms with Gasteiger partial charge in [0.2, 0.25) is 0 Å². The van der Waals surface area contributed by atoms with Crippen molar-refractivity contribution in [3.05, 3.63) is 30.3 Å². The first kappa shape index (κ1) is 13.9.